The molecule has 1 aromatic heterocycles. The van der Waals surface area contributed by atoms with Gasteiger partial charge in [-0.05, 0) is 42.1 Å². The van der Waals surface area contributed by atoms with Crippen molar-refractivity contribution in [3.8, 4) is 0 Å². The number of aryl methyl sites for hydroxylation is 1. The first-order valence-electron chi connectivity index (χ1n) is 9.30. The lowest BCUT2D eigenvalue weighted by molar-refractivity contribution is 0.282. The van der Waals surface area contributed by atoms with E-state index in [-0.39, 0.29) is 15.6 Å². The number of rotatable bonds is 8. The molecule has 0 aliphatic rings. The Kier molecular flexibility index (Phi) is 8.63. The molecule has 0 N–H and O–H groups in total. The SMILES string of the molecule is CC(C)(C)[Si](C)(C)OCCCc1ccc(CSc2cnn(I)c(=O)c2Cl)cc1. The highest BCUT2D eigenvalue weighted by Crippen LogP contribution is 2.36. The van der Waals surface area contributed by atoms with Gasteiger partial charge in [0.25, 0.3) is 5.56 Å². The lowest BCUT2D eigenvalue weighted by atomic mass is 10.1. The van der Waals surface area contributed by atoms with Crippen LogP contribution in [-0.4, -0.2) is 22.9 Å². The van der Waals surface area contributed by atoms with Crippen molar-refractivity contribution < 1.29 is 4.43 Å². The first kappa shape index (κ1) is 23.9. The van der Waals surface area contributed by atoms with Gasteiger partial charge in [0.15, 0.2) is 8.32 Å². The van der Waals surface area contributed by atoms with E-state index in [4.69, 9.17) is 16.0 Å². The quantitative estimate of drug-likeness (QED) is 0.166. The summed E-state index contributed by atoms with van der Waals surface area (Å²) in [6.45, 7) is 12.2. The summed E-state index contributed by atoms with van der Waals surface area (Å²) in [5.41, 5.74) is 2.24. The van der Waals surface area contributed by atoms with Gasteiger partial charge in [-0.15, -0.1) is 11.8 Å². The van der Waals surface area contributed by atoms with Crippen LogP contribution in [0.25, 0.3) is 0 Å². The molecule has 4 nitrogen and oxygen atoms in total. The molecule has 0 unspecified atom stereocenters. The molecule has 0 atom stereocenters. The van der Waals surface area contributed by atoms with Crippen LogP contribution in [0, 0.1) is 0 Å². The molecule has 28 heavy (non-hydrogen) atoms. The van der Waals surface area contributed by atoms with Crippen molar-refractivity contribution in [1.29, 1.82) is 0 Å². The van der Waals surface area contributed by atoms with Gasteiger partial charge in [0.2, 0.25) is 0 Å². The van der Waals surface area contributed by atoms with Gasteiger partial charge in [-0.1, -0.05) is 56.6 Å². The molecule has 0 aliphatic heterocycles. The largest absolute Gasteiger partial charge is 0.417 e. The standard InChI is InChI=1S/C20H28ClIN2O2SSi/c1-20(2,3)28(4,5)26-12-6-7-15-8-10-16(11-9-15)14-27-17-13-23-24(22)19(25)18(17)21/h8-11,13H,6-7,12,14H2,1-5H3. The summed E-state index contributed by atoms with van der Waals surface area (Å²) in [5.74, 6) is 0.751. The fraction of sp³-hybridized carbons (Fsp3) is 0.500. The summed E-state index contributed by atoms with van der Waals surface area (Å²) >= 11 is 9.47. The van der Waals surface area contributed by atoms with Gasteiger partial charge in [0, 0.05) is 12.4 Å². The Morgan fingerprint density at radius 1 is 1.21 bits per heavy atom. The highest BCUT2D eigenvalue weighted by Gasteiger charge is 2.36. The van der Waals surface area contributed by atoms with Crippen molar-refractivity contribution in [3.63, 3.8) is 0 Å². The predicted octanol–water partition coefficient (Wildman–Crippen LogP) is 6.34. The molecule has 0 aliphatic carbocycles. The number of benzene rings is 1. The Labute approximate surface area is 192 Å². The van der Waals surface area contributed by atoms with Crippen LogP contribution in [0.3, 0.4) is 0 Å². The zero-order valence-electron chi connectivity index (χ0n) is 17.1. The van der Waals surface area contributed by atoms with E-state index >= 15 is 0 Å². The third-order valence-corrected chi connectivity index (χ3v) is 11.9. The minimum Gasteiger partial charge on any atom is -0.417 e. The summed E-state index contributed by atoms with van der Waals surface area (Å²) < 4.78 is 7.46. The molecule has 154 valence electrons. The lowest BCUT2D eigenvalue weighted by Gasteiger charge is -2.36. The average molecular weight is 551 g/mol. The van der Waals surface area contributed by atoms with Crippen molar-refractivity contribution in [3.05, 3.63) is 57.0 Å². The van der Waals surface area contributed by atoms with E-state index in [0.29, 0.717) is 4.90 Å². The average Bonchev–Trinajstić information content (AvgIpc) is 2.63. The highest BCUT2D eigenvalue weighted by atomic mass is 127. The first-order valence-corrected chi connectivity index (χ1v) is 14.5. The van der Waals surface area contributed by atoms with Crippen molar-refractivity contribution in [1.82, 2.24) is 7.99 Å². The maximum atomic E-state index is 11.8. The third-order valence-electron chi connectivity index (χ3n) is 5.14. The Morgan fingerprint density at radius 3 is 2.43 bits per heavy atom. The van der Waals surface area contributed by atoms with Crippen molar-refractivity contribution >= 4 is 54.5 Å². The van der Waals surface area contributed by atoms with E-state index in [0.717, 1.165) is 25.2 Å². The van der Waals surface area contributed by atoms with Crippen LogP contribution in [0.1, 0.15) is 38.3 Å². The molecule has 0 saturated heterocycles. The Bertz CT molecular complexity index is 851. The lowest BCUT2D eigenvalue weighted by Crippen LogP contribution is -2.41. The van der Waals surface area contributed by atoms with Crippen LogP contribution in [0.5, 0.6) is 0 Å². The van der Waals surface area contributed by atoms with Gasteiger partial charge in [-0.2, -0.15) is 7.99 Å². The highest BCUT2D eigenvalue weighted by molar-refractivity contribution is 14.1. The molecular formula is C20H28ClIN2O2SSi. The second-order valence-electron chi connectivity index (χ2n) is 8.31. The first-order chi connectivity index (χ1) is 13.0. The predicted molar refractivity (Wildman–Crippen MR) is 130 cm³/mol. The van der Waals surface area contributed by atoms with Crippen LogP contribution in [-0.2, 0) is 16.6 Å². The third kappa shape index (κ3) is 6.58. The molecule has 2 aromatic rings. The van der Waals surface area contributed by atoms with E-state index in [1.165, 1.54) is 25.8 Å². The smallest absolute Gasteiger partial charge is 0.295 e. The fourth-order valence-corrected chi connectivity index (χ4v) is 5.02. The van der Waals surface area contributed by atoms with Gasteiger partial charge in [0.05, 0.1) is 34.0 Å². The molecule has 0 bridgehead atoms. The zero-order valence-corrected chi connectivity index (χ0v) is 21.8. The fourth-order valence-electron chi connectivity index (χ4n) is 2.28. The molecule has 8 heteroatoms. The van der Waals surface area contributed by atoms with Crippen LogP contribution in [0.4, 0.5) is 0 Å². The molecule has 1 heterocycles. The number of halogens is 2. The second-order valence-corrected chi connectivity index (χ2v) is 15.4. The summed E-state index contributed by atoms with van der Waals surface area (Å²) in [6.07, 6.45) is 3.69. The monoisotopic (exact) mass is 550 g/mol. The van der Waals surface area contributed by atoms with E-state index < -0.39 is 8.32 Å². The molecule has 0 radical (unpaired) electrons. The molecule has 0 amide bonds. The molecule has 0 saturated carbocycles. The van der Waals surface area contributed by atoms with Crippen molar-refractivity contribution in [2.75, 3.05) is 6.61 Å². The summed E-state index contributed by atoms with van der Waals surface area (Å²) in [7, 11) is -1.65. The zero-order chi connectivity index (χ0) is 20.9. The number of hydrogen-bond donors (Lipinski definition) is 0. The van der Waals surface area contributed by atoms with Gasteiger partial charge >= 0.3 is 0 Å². The summed E-state index contributed by atoms with van der Waals surface area (Å²) in [6, 6.07) is 8.62. The molecule has 1 aromatic carbocycles. The minimum absolute atomic E-state index is 0.229. The van der Waals surface area contributed by atoms with Gasteiger partial charge in [0.1, 0.15) is 5.02 Å². The number of nitrogens with zero attached hydrogens (tertiary/aromatic N) is 2. The topological polar surface area (TPSA) is 44.1 Å². The maximum Gasteiger partial charge on any atom is 0.295 e. The number of thioether (sulfide) groups is 1. The maximum absolute atomic E-state index is 11.8. The summed E-state index contributed by atoms with van der Waals surface area (Å²) in [5, 5.41) is 4.50. The number of aromatic nitrogens is 2. The Hall–Kier alpha value is -0.353. The van der Waals surface area contributed by atoms with Crippen LogP contribution >= 0.6 is 46.2 Å². The summed E-state index contributed by atoms with van der Waals surface area (Å²) in [4.78, 5) is 12.5. The van der Waals surface area contributed by atoms with Gasteiger partial charge < -0.3 is 4.43 Å². The number of hydrogen-bond acceptors (Lipinski definition) is 4. The Morgan fingerprint density at radius 2 is 1.82 bits per heavy atom. The minimum atomic E-state index is -1.65. The molecular weight excluding hydrogens is 523 g/mol. The van der Waals surface area contributed by atoms with Crippen molar-refractivity contribution in [2.24, 2.45) is 0 Å². The second kappa shape index (κ2) is 10.1. The normalized spacial score (nSPS) is 12.4. The van der Waals surface area contributed by atoms with Crippen LogP contribution in [0.2, 0.25) is 23.2 Å². The van der Waals surface area contributed by atoms with Crippen LogP contribution in [0.15, 0.2) is 40.2 Å². The van der Waals surface area contributed by atoms with Crippen molar-refractivity contribution in [2.45, 2.75) is 62.4 Å². The van der Waals surface area contributed by atoms with E-state index in [1.54, 1.807) is 6.20 Å². The van der Waals surface area contributed by atoms with E-state index in [9.17, 15) is 4.79 Å². The van der Waals surface area contributed by atoms with Gasteiger partial charge in [-0.25, -0.2) is 0 Å². The molecule has 0 spiro atoms. The molecule has 0 fully saturated rings. The van der Waals surface area contributed by atoms with E-state index in [1.807, 2.05) is 22.9 Å². The molecule has 2 rings (SSSR count). The van der Waals surface area contributed by atoms with E-state index in [2.05, 4.69) is 63.2 Å². The van der Waals surface area contributed by atoms with Crippen LogP contribution < -0.4 is 5.56 Å². The van der Waals surface area contributed by atoms with Gasteiger partial charge in [-0.3, -0.25) is 4.79 Å². The Balaban J connectivity index is 1.82.